The molecule has 2 rings (SSSR count). The van der Waals surface area contributed by atoms with Gasteiger partial charge in [0.05, 0.1) is 5.69 Å². The van der Waals surface area contributed by atoms with Crippen LogP contribution in [0.4, 0.5) is 5.69 Å². The van der Waals surface area contributed by atoms with Gasteiger partial charge in [-0.1, -0.05) is 18.1 Å². The third-order valence-electron chi connectivity index (χ3n) is 2.73. The monoisotopic (exact) mass is 282 g/mol. The Balaban J connectivity index is 2.20. The number of thioether (sulfide) groups is 1. The van der Waals surface area contributed by atoms with E-state index in [4.69, 9.17) is 0 Å². The summed E-state index contributed by atoms with van der Waals surface area (Å²) in [5.41, 5.74) is 1.60. The number of anilines is 1. The average Bonchev–Trinajstić information content (AvgIpc) is 2.52. The van der Waals surface area contributed by atoms with Crippen molar-refractivity contribution in [2.24, 2.45) is 0 Å². The lowest BCUT2D eigenvalue weighted by Gasteiger charge is -2.17. The number of pyridine rings is 1. The Morgan fingerprint density at radius 3 is 2.75 bits per heavy atom. The standard InChI is InChI=1S/C16H14N2OS/c1-18(14-7-3-4-8-15(14)20-2)16(19)10-9-13-6-5-11-17-12-13/h3-8,11-12H,1-2H3. The molecular weight excluding hydrogens is 268 g/mol. The second-order valence-electron chi connectivity index (χ2n) is 4.03. The summed E-state index contributed by atoms with van der Waals surface area (Å²) in [5, 5.41) is 0. The molecular formula is C16H14N2OS. The highest BCUT2D eigenvalue weighted by Crippen LogP contribution is 2.27. The van der Waals surface area contributed by atoms with Crippen molar-refractivity contribution in [2.75, 3.05) is 18.2 Å². The van der Waals surface area contributed by atoms with Crippen LogP contribution in [0.3, 0.4) is 0 Å². The van der Waals surface area contributed by atoms with Crippen LogP contribution in [0.25, 0.3) is 0 Å². The van der Waals surface area contributed by atoms with Gasteiger partial charge >= 0.3 is 5.91 Å². The Hall–Kier alpha value is -2.25. The Morgan fingerprint density at radius 1 is 1.25 bits per heavy atom. The van der Waals surface area contributed by atoms with Gasteiger partial charge in [0.15, 0.2) is 0 Å². The molecule has 100 valence electrons. The SMILES string of the molecule is CSc1ccccc1N(C)C(=O)C#Cc1cccnc1. The molecule has 0 bridgehead atoms. The van der Waals surface area contributed by atoms with Crippen LogP contribution in [0.1, 0.15) is 5.56 Å². The largest absolute Gasteiger partial charge is 0.304 e. The smallest absolute Gasteiger partial charge is 0.303 e. The molecule has 1 amide bonds. The van der Waals surface area contributed by atoms with Crippen LogP contribution in [0, 0.1) is 11.8 Å². The highest BCUT2D eigenvalue weighted by molar-refractivity contribution is 7.98. The van der Waals surface area contributed by atoms with Crippen LogP contribution in [0.5, 0.6) is 0 Å². The van der Waals surface area contributed by atoms with Gasteiger partial charge in [-0.15, -0.1) is 11.8 Å². The third kappa shape index (κ3) is 3.40. The van der Waals surface area contributed by atoms with E-state index in [2.05, 4.69) is 16.8 Å². The van der Waals surface area contributed by atoms with E-state index < -0.39 is 0 Å². The minimum absolute atomic E-state index is 0.240. The second kappa shape index (κ2) is 6.78. The summed E-state index contributed by atoms with van der Waals surface area (Å²) in [4.78, 5) is 18.7. The lowest BCUT2D eigenvalue weighted by atomic mass is 10.2. The van der Waals surface area contributed by atoms with E-state index in [0.29, 0.717) is 0 Å². The Labute approximate surface area is 123 Å². The second-order valence-corrected chi connectivity index (χ2v) is 4.88. The normalized spacial score (nSPS) is 9.50. The van der Waals surface area contributed by atoms with E-state index in [9.17, 15) is 4.79 Å². The molecule has 20 heavy (non-hydrogen) atoms. The van der Waals surface area contributed by atoms with Crippen molar-refractivity contribution < 1.29 is 4.79 Å². The Morgan fingerprint density at radius 2 is 2.05 bits per heavy atom. The number of carbonyl (C=O) groups is 1. The predicted molar refractivity (Wildman–Crippen MR) is 82.7 cm³/mol. The first-order valence-corrected chi connectivity index (χ1v) is 7.27. The van der Waals surface area contributed by atoms with E-state index in [1.165, 1.54) is 0 Å². The predicted octanol–water partition coefficient (Wildman–Crippen LogP) is 2.82. The first kappa shape index (κ1) is 14.2. The van der Waals surface area contributed by atoms with Crippen LogP contribution in [0.15, 0.2) is 53.7 Å². The van der Waals surface area contributed by atoms with E-state index in [1.807, 2.05) is 36.6 Å². The fraction of sp³-hybridized carbons (Fsp3) is 0.125. The minimum Gasteiger partial charge on any atom is -0.304 e. The first-order valence-electron chi connectivity index (χ1n) is 6.05. The molecule has 0 unspecified atom stereocenters. The number of benzene rings is 1. The molecule has 0 radical (unpaired) electrons. The van der Waals surface area contributed by atoms with E-state index in [1.54, 1.807) is 42.2 Å². The molecule has 3 nitrogen and oxygen atoms in total. The van der Waals surface area contributed by atoms with Gasteiger partial charge in [-0.05, 0) is 30.5 Å². The molecule has 0 fully saturated rings. The molecule has 0 saturated heterocycles. The van der Waals surface area contributed by atoms with Crippen LogP contribution >= 0.6 is 11.8 Å². The highest BCUT2D eigenvalue weighted by Gasteiger charge is 2.11. The summed E-state index contributed by atoms with van der Waals surface area (Å²) in [7, 11) is 1.73. The lowest BCUT2D eigenvalue weighted by molar-refractivity contribution is -0.113. The summed E-state index contributed by atoms with van der Waals surface area (Å²) < 4.78 is 0. The maximum Gasteiger partial charge on any atom is 0.303 e. The van der Waals surface area contributed by atoms with Crippen molar-refractivity contribution in [2.45, 2.75) is 4.90 Å². The van der Waals surface area contributed by atoms with Crippen molar-refractivity contribution >= 4 is 23.4 Å². The van der Waals surface area contributed by atoms with Crippen molar-refractivity contribution in [1.82, 2.24) is 4.98 Å². The summed E-state index contributed by atoms with van der Waals surface area (Å²) >= 11 is 1.60. The van der Waals surface area contributed by atoms with E-state index in [-0.39, 0.29) is 5.91 Å². The highest BCUT2D eigenvalue weighted by atomic mass is 32.2. The molecule has 0 atom stereocenters. The quantitative estimate of drug-likeness (QED) is 0.627. The number of nitrogens with zero attached hydrogens (tertiary/aromatic N) is 2. The maximum absolute atomic E-state index is 12.1. The molecule has 1 heterocycles. The molecule has 0 aliphatic rings. The van der Waals surface area contributed by atoms with Crippen LogP contribution in [0.2, 0.25) is 0 Å². The average molecular weight is 282 g/mol. The molecule has 0 N–H and O–H groups in total. The number of hydrogen-bond donors (Lipinski definition) is 0. The molecule has 0 aliphatic heterocycles. The molecule has 1 aromatic carbocycles. The Kier molecular flexibility index (Phi) is 4.80. The minimum atomic E-state index is -0.240. The molecule has 0 aliphatic carbocycles. The maximum atomic E-state index is 12.1. The zero-order chi connectivity index (χ0) is 14.4. The van der Waals surface area contributed by atoms with Gasteiger partial charge in [0, 0.05) is 35.8 Å². The fourth-order valence-electron chi connectivity index (χ4n) is 1.66. The van der Waals surface area contributed by atoms with Crippen LogP contribution in [-0.4, -0.2) is 24.2 Å². The zero-order valence-corrected chi connectivity index (χ0v) is 12.1. The Bertz CT molecular complexity index is 659. The van der Waals surface area contributed by atoms with Gasteiger partial charge in [0.1, 0.15) is 0 Å². The van der Waals surface area contributed by atoms with E-state index >= 15 is 0 Å². The van der Waals surface area contributed by atoms with Gasteiger partial charge in [-0.3, -0.25) is 9.78 Å². The number of rotatable bonds is 2. The van der Waals surface area contributed by atoms with Gasteiger partial charge in [-0.25, -0.2) is 0 Å². The third-order valence-corrected chi connectivity index (χ3v) is 3.51. The van der Waals surface area contributed by atoms with Crippen LogP contribution in [-0.2, 0) is 4.79 Å². The summed E-state index contributed by atoms with van der Waals surface area (Å²) in [6, 6.07) is 11.4. The van der Waals surface area contributed by atoms with Crippen LogP contribution < -0.4 is 4.90 Å². The van der Waals surface area contributed by atoms with Crippen molar-refractivity contribution in [3.05, 3.63) is 54.4 Å². The lowest BCUT2D eigenvalue weighted by Crippen LogP contribution is -2.25. The summed E-state index contributed by atoms with van der Waals surface area (Å²) in [5.74, 6) is 5.22. The van der Waals surface area contributed by atoms with Crippen molar-refractivity contribution in [1.29, 1.82) is 0 Å². The fourth-order valence-corrected chi connectivity index (χ4v) is 2.29. The number of aromatic nitrogens is 1. The molecule has 0 saturated carbocycles. The molecule has 0 spiro atoms. The van der Waals surface area contributed by atoms with Crippen molar-refractivity contribution in [3.8, 4) is 11.8 Å². The number of carbonyl (C=O) groups excluding carboxylic acids is 1. The van der Waals surface area contributed by atoms with Gasteiger partial charge in [-0.2, -0.15) is 0 Å². The number of hydrogen-bond acceptors (Lipinski definition) is 3. The van der Waals surface area contributed by atoms with E-state index in [0.717, 1.165) is 16.1 Å². The molecule has 4 heteroatoms. The summed E-state index contributed by atoms with van der Waals surface area (Å²) in [6.45, 7) is 0. The molecule has 1 aromatic heterocycles. The molecule has 2 aromatic rings. The van der Waals surface area contributed by atoms with Gasteiger partial charge in [0.25, 0.3) is 0 Å². The van der Waals surface area contributed by atoms with Crippen molar-refractivity contribution in [3.63, 3.8) is 0 Å². The number of amides is 1. The topological polar surface area (TPSA) is 33.2 Å². The van der Waals surface area contributed by atoms with Gasteiger partial charge < -0.3 is 4.90 Å². The van der Waals surface area contributed by atoms with Gasteiger partial charge in [0.2, 0.25) is 0 Å². The summed E-state index contributed by atoms with van der Waals surface area (Å²) in [6.07, 6.45) is 5.29. The number of para-hydroxylation sites is 1. The zero-order valence-electron chi connectivity index (χ0n) is 11.3. The first-order chi connectivity index (χ1) is 9.72.